The van der Waals surface area contributed by atoms with Crippen LogP contribution in [0.3, 0.4) is 0 Å². The molecule has 88 valence electrons. The highest BCUT2D eigenvalue weighted by Crippen LogP contribution is 2.26. The van der Waals surface area contributed by atoms with Gasteiger partial charge >= 0.3 is 0 Å². The predicted octanol–water partition coefficient (Wildman–Crippen LogP) is 3.25. The van der Waals surface area contributed by atoms with Crippen molar-refractivity contribution >= 4 is 40.7 Å². The van der Waals surface area contributed by atoms with Gasteiger partial charge in [-0.05, 0) is 18.2 Å². The van der Waals surface area contributed by atoms with Crippen molar-refractivity contribution in [2.45, 2.75) is 0 Å². The number of aromatic nitrogens is 2. The number of nitrogens with two attached hydrogens (primary N) is 1. The summed E-state index contributed by atoms with van der Waals surface area (Å²) < 4.78 is 12.8. The molecule has 0 aliphatic rings. The molecule has 0 saturated heterocycles. The van der Waals surface area contributed by atoms with E-state index in [-0.39, 0.29) is 11.8 Å². The summed E-state index contributed by atoms with van der Waals surface area (Å²) in [4.78, 5) is 7.46. The van der Waals surface area contributed by atoms with E-state index >= 15 is 0 Å². The average Bonchev–Trinajstić information content (AvgIpc) is 2.29. The zero-order valence-electron chi connectivity index (χ0n) is 8.42. The van der Waals surface area contributed by atoms with Crippen LogP contribution in [-0.4, -0.2) is 9.97 Å². The average molecular weight is 273 g/mol. The van der Waals surface area contributed by atoms with Crippen molar-refractivity contribution in [3.8, 4) is 0 Å². The third-order valence-corrected chi connectivity index (χ3v) is 2.69. The highest BCUT2D eigenvalue weighted by Gasteiger charge is 2.04. The standard InChI is InChI=1S/C10H7Cl2FN4/c11-6-2-1-5(3-7(6)12)16-10-15-4-8(13)9(14)17-10/h1-4H,(H3,14,15,16,17). The van der Waals surface area contributed by atoms with E-state index in [1.807, 2.05) is 0 Å². The smallest absolute Gasteiger partial charge is 0.229 e. The van der Waals surface area contributed by atoms with E-state index in [0.29, 0.717) is 15.7 Å². The maximum atomic E-state index is 12.8. The first-order valence-corrected chi connectivity index (χ1v) is 5.32. The van der Waals surface area contributed by atoms with Gasteiger partial charge in [0.2, 0.25) is 5.95 Å². The van der Waals surface area contributed by atoms with Gasteiger partial charge in [0.25, 0.3) is 0 Å². The Kier molecular flexibility index (Phi) is 3.31. The quantitative estimate of drug-likeness (QED) is 0.881. The van der Waals surface area contributed by atoms with E-state index in [0.717, 1.165) is 6.20 Å². The van der Waals surface area contributed by atoms with E-state index in [9.17, 15) is 4.39 Å². The van der Waals surface area contributed by atoms with Crippen molar-refractivity contribution in [2.75, 3.05) is 11.1 Å². The molecule has 1 aromatic carbocycles. The maximum Gasteiger partial charge on any atom is 0.229 e. The lowest BCUT2D eigenvalue weighted by atomic mass is 10.3. The first kappa shape index (κ1) is 11.9. The lowest BCUT2D eigenvalue weighted by molar-refractivity contribution is 0.620. The molecule has 0 unspecified atom stereocenters. The molecule has 0 aliphatic carbocycles. The first-order valence-electron chi connectivity index (χ1n) is 4.56. The van der Waals surface area contributed by atoms with Gasteiger partial charge in [-0.1, -0.05) is 23.2 Å². The minimum absolute atomic E-state index is 0.183. The second kappa shape index (κ2) is 4.73. The molecule has 0 radical (unpaired) electrons. The largest absolute Gasteiger partial charge is 0.381 e. The van der Waals surface area contributed by atoms with Crippen LogP contribution in [0.15, 0.2) is 24.4 Å². The fourth-order valence-corrected chi connectivity index (χ4v) is 1.44. The first-order chi connectivity index (χ1) is 8.06. The lowest BCUT2D eigenvalue weighted by Gasteiger charge is -2.06. The van der Waals surface area contributed by atoms with Crippen LogP contribution in [0.4, 0.5) is 21.8 Å². The Morgan fingerprint density at radius 3 is 2.65 bits per heavy atom. The van der Waals surface area contributed by atoms with Gasteiger partial charge in [-0.15, -0.1) is 0 Å². The molecule has 17 heavy (non-hydrogen) atoms. The fraction of sp³-hybridized carbons (Fsp3) is 0. The van der Waals surface area contributed by atoms with Gasteiger partial charge in [0.1, 0.15) is 0 Å². The van der Waals surface area contributed by atoms with Crippen LogP contribution in [0.2, 0.25) is 10.0 Å². The van der Waals surface area contributed by atoms with Crippen molar-refractivity contribution in [3.05, 3.63) is 40.3 Å². The van der Waals surface area contributed by atoms with Gasteiger partial charge in [-0.3, -0.25) is 0 Å². The minimum Gasteiger partial charge on any atom is -0.381 e. The van der Waals surface area contributed by atoms with Crippen LogP contribution >= 0.6 is 23.2 Å². The van der Waals surface area contributed by atoms with Crippen molar-refractivity contribution in [1.82, 2.24) is 9.97 Å². The number of hydrogen-bond acceptors (Lipinski definition) is 4. The number of nitrogen functional groups attached to an aromatic ring is 1. The van der Waals surface area contributed by atoms with Crippen LogP contribution in [0.1, 0.15) is 0 Å². The van der Waals surface area contributed by atoms with Gasteiger partial charge in [0.15, 0.2) is 11.6 Å². The number of rotatable bonds is 2. The Bertz CT molecular complexity index is 512. The number of benzene rings is 1. The maximum absolute atomic E-state index is 12.8. The van der Waals surface area contributed by atoms with E-state index in [1.165, 1.54) is 0 Å². The SMILES string of the molecule is Nc1nc(Nc2ccc(Cl)c(Cl)c2)ncc1F. The Balaban J connectivity index is 2.25. The van der Waals surface area contributed by atoms with Crippen molar-refractivity contribution in [3.63, 3.8) is 0 Å². The summed E-state index contributed by atoms with van der Waals surface area (Å²) in [6.45, 7) is 0. The molecule has 0 aliphatic heterocycles. The molecule has 2 rings (SSSR count). The predicted molar refractivity (Wildman–Crippen MR) is 66.1 cm³/mol. The Hall–Kier alpha value is -1.59. The normalized spacial score (nSPS) is 10.3. The summed E-state index contributed by atoms with van der Waals surface area (Å²) in [5.74, 6) is -0.700. The van der Waals surface area contributed by atoms with Gasteiger partial charge in [-0.25, -0.2) is 9.37 Å². The van der Waals surface area contributed by atoms with E-state index in [2.05, 4.69) is 15.3 Å². The summed E-state index contributed by atoms with van der Waals surface area (Å²) in [5.41, 5.74) is 5.95. The molecular weight excluding hydrogens is 266 g/mol. The molecule has 0 spiro atoms. The third kappa shape index (κ3) is 2.75. The summed E-state index contributed by atoms with van der Waals surface area (Å²) in [6, 6.07) is 4.92. The van der Waals surface area contributed by atoms with Gasteiger partial charge in [0.05, 0.1) is 16.2 Å². The molecule has 0 atom stereocenters. The highest BCUT2D eigenvalue weighted by molar-refractivity contribution is 6.42. The Morgan fingerprint density at radius 1 is 1.24 bits per heavy atom. The van der Waals surface area contributed by atoms with Crippen LogP contribution in [0, 0.1) is 5.82 Å². The molecule has 4 nitrogen and oxygen atoms in total. The number of hydrogen-bond donors (Lipinski definition) is 2. The molecule has 0 amide bonds. The Morgan fingerprint density at radius 2 is 2.00 bits per heavy atom. The van der Waals surface area contributed by atoms with Crippen molar-refractivity contribution < 1.29 is 4.39 Å². The summed E-state index contributed by atoms with van der Waals surface area (Å²) in [6.07, 6.45) is 0.988. The van der Waals surface area contributed by atoms with Crippen LogP contribution < -0.4 is 11.1 Å². The second-order valence-electron chi connectivity index (χ2n) is 3.18. The fourth-order valence-electron chi connectivity index (χ4n) is 1.14. The molecular formula is C10H7Cl2FN4. The Labute approximate surface area is 107 Å². The summed E-state index contributed by atoms with van der Waals surface area (Å²) in [5, 5.41) is 3.66. The highest BCUT2D eigenvalue weighted by atomic mass is 35.5. The molecule has 0 bridgehead atoms. The minimum atomic E-state index is -0.662. The van der Waals surface area contributed by atoms with Gasteiger partial charge in [-0.2, -0.15) is 4.98 Å². The van der Waals surface area contributed by atoms with Crippen LogP contribution in [0.5, 0.6) is 0 Å². The zero-order chi connectivity index (χ0) is 12.4. The third-order valence-electron chi connectivity index (χ3n) is 1.95. The summed E-state index contributed by atoms with van der Waals surface area (Å²) >= 11 is 11.6. The number of nitrogens with one attached hydrogen (secondary N) is 1. The van der Waals surface area contributed by atoms with Crippen molar-refractivity contribution in [2.24, 2.45) is 0 Å². The molecule has 1 heterocycles. The van der Waals surface area contributed by atoms with E-state index in [1.54, 1.807) is 18.2 Å². The van der Waals surface area contributed by atoms with Crippen molar-refractivity contribution in [1.29, 1.82) is 0 Å². The second-order valence-corrected chi connectivity index (χ2v) is 4.00. The molecule has 3 N–H and O–H groups in total. The molecule has 2 aromatic rings. The topological polar surface area (TPSA) is 63.8 Å². The number of nitrogens with zero attached hydrogens (tertiary/aromatic N) is 2. The van der Waals surface area contributed by atoms with Gasteiger partial charge < -0.3 is 11.1 Å². The summed E-state index contributed by atoms with van der Waals surface area (Å²) in [7, 11) is 0. The number of anilines is 3. The van der Waals surface area contributed by atoms with Crippen LogP contribution in [-0.2, 0) is 0 Å². The van der Waals surface area contributed by atoms with Crippen LogP contribution in [0.25, 0.3) is 0 Å². The van der Waals surface area contributed by atoms with E-state index < -0.39 is 5.82 Å². The van der Waals surface area contributed by atoms with Gasteiger partial charge in [0, 0.05) is 5.69 Å². The number of halogens is 3. The van der Waals surface area contributed by atoms with E-state index in [4.69, 9.17) is 28.9 Å². The molecule has 0 saturated carbocycles. The monoisotopic (exact) mass is 272 g/mol. The molecule has 7 heteroatoms. The molecule has 1 aromatic heterocycles. The lowest BCUT2D eigenvalue weighted by Crippen LogP contribution is -2.02. The molecule has 0 fully saturated rings. The zero-order valence-corrected chi connectivity index (χ0v) is 9.93.